The third-order valence-corrected chi connectivity index (χ3v) is 5.72. The molecule has 0 bridgehead atoms. The number of fused-ring (bicyclic) bond motifs is 3. The van der Waals surface area contributed by atoms with Gasteiger partial charge < -0.3 is 10.2 Å². The molecular formula is C24H19F2N3O2. The molecule has 1 fully saturated rings. The van der Waals surface area contributed by atoms with Gasteiger partial charge in [0.05, 0.1) is 0 Å². The Morgan fingerprint density at radius 1 is 0.903 bits per heavy atom. The number of anilines is 2. The lowest BCUT2D eigenvalue weighted by Gasteiger charge is -2.18. The van der Waals surface area contributed by atoms with Crippen molar-refractivity contribution in [3.8, 4) is 11.1 Å². The van der Waals surface area contributed by atoms with E-state index in [2.05, 4.69) is 17.4 Å². The lowest BCUT2D eigenvalue weighted by atomic mass is 10.1. The molecule has 1 heterocycles. The van der Waals surface area contributed by atoms with Gasteiger partial charge >= 0.3 is 6.03 Å². The Balaban J connectivity index is 1.24. The van der Waals surface area contributed by atoms with Gasteiger partial charge in [-0.15, -0.1) is 0 Å². The summed E-state index contributed by atoms with van der Waals surface area (Å²) in [5.41, 5.74) is 5.76. The van der Waals surface area contributed by atoms with Gasteiger partial charge in [0.25, 0.3) is 0 Å². The predicted molar refractivity (Wildman–Crippen MR) is 114 cm³/mol. The maximum absolute atomic E-state index is 13.5. The molecule has 2 aliphatic rings. The van der Waals surface area contributed by atoms with Crippen LogP contribution < -0.4 is 10.2 Å². The van der Waals surface area contributed by atoms with Crippen LogP contribution in [0.1, 0.15) is 11.1 Å². The maximum atomic E-state index is 13.5. The first kappa shape index (κ1) is 19.2. The van der Waals surface area contributed by atoms with E-state index in [0.29, 0.717) is 18.8 Å². The van der Waals surface area contributed by atoms with Crippen molar-refractivity contribution in [3.05, 3.63) is 83.4 Å². The number of hydrogen-bond acceptors (Lipinski definition) is 2. The molecule has 0 atom stereocenters. The lowest BCUT2D eigenvalue weighted by molar-refractivity contribution is -0.116. The second-order valence-corrected chi connectivity index (χ2v) is 7.71. The molecule has 0 radical (unpaired) electrons. The summed E-state index contributed by atoms with van der Waals surface area (Å²) in [6, 6.07) is 17.0. The van der Waals surface area contributed by atoms with Gasteiger partial charge in [-0.1, -0.05) is 30.3 Å². The summed E-state index contributed by atoms with van der Waals surface area (Å²) in [5, 5.41) is 2.86. The van der Waals surface area contributed by atoms with Gasteiger partial charge in [0, 0.05) is 30.5 Å². The van der Waals surface area contributed by atoms with Crippen molar-refractivity contribution in [1.82, 2.24) is 4.90 Å². The van der Waals surface area contributed by atoms with Crippen molar-refractivity contribution >= 4 is 23.3 Å². The van der Waals surface area contributed by atoms with E-state index in [1.54, 1.807) is 0 Å². The molecule has 156 valence electrons. The third-order valence-electron chi connectivity index (χ3n) is 5.72. The Labute approximate surface area is 177 Å². The minimum atomic E-state index is -1.01. The van der Waals surface area contributed by atoms with Gasteiger partial charge in [0.1, 0.15) is 6.54 Å². The molecule has 3 amide bonds. The highest BCUT2D eigenvalue weighted by molar-refractivity contribution is 5.99. The van der Waals surface area contributed by atoms with Crippen LogP contribution in [0.3, 0.4) is 0 Å². The fraction of sp³-hybridized carbons (Fsp3) is 0.167. The number of hydrogen-bond donors (Lipinski definition) is 1. The summed E-state index contributed by atoms with van der Waals surface area (Å²) in [6.07, 6.45) is 0.822. The van der Waals surface area contributed by atoms with Crippen LogP contribution in [-0.4, -0.2) is 36.5 Å². The van der Waals surface area contributed by atoms with E-state index in [9.17, 15) is 18.4 Å². The molecule has 31 heavy (non-hydrogen) atoms. The van der Waals surface area contributed by atoms with Crippen molar-refractivity contribution in [2.24, 2.45) is 0 Å². The number of nitrogens with one attached hydrogen (secondary N) is 1. The number of benzene rings is 3. The van der Waals surface area contributed by atoms with Crippen LogP contribution in [-0.2, 0) is 11.2 Å². The highest BCUT2D eigenvalue weighted by atomic mass is 19.2. The zero-order chi connectivity index (χ0) is 21.5. The molecule has 1 N–H and O–H groups in total. The van der Waals surface area contributed by atoms with Crippen LogP contribution in [0, 0.1) is 11.6 Å². The van der Waals surface area contributed by atoms with Crippen LogP contribution >= 0.6 is 0 Å². The van der Waals surface area contributed by atoms with Crippen LogP contribution in [0.5, 0.6) is 0 Å². The average Bonchev–Trinajstić information content (AvgIpc) is 3.30. The number of rotatable bonds is 4. The number of nitrogens with zero attached hydrogens (tertiary/aromatic N) is 2. The SMILES string of the molecule is O=C(CN1CCN(c2ccc(F)c(F)c2)C1=O)Nc1ccc2c(c1)Cc1ccccc1-2. The summed E-state index contributed by atoms with van der Waals surface area (Å²) in [6.45, 7) is 0.509. The minimum Gasteiger partial charge on any atom is -0.325 e. The van der Waals surface area contributed by atoms with Gasteiger partial charge in [-0.05, 0) is 52.9 Å². The van der Waals surface area contributed by atoms with E-state index < -0.39 is 17.7 Å². The Kier molecular flexibility index (Phi) is 4.66. The van der Waals surface area contributed by atoms with E-state index in [1.807, 2.05) is 30.3 Å². The molecule has 1 saturated heterocycles. The second kappa shape index (κ2) is 7.50. The summed E-state index contributed by atoms with van der Waals surface area (Å²) >= 11 is 0. The van der Waals surface area contributed by atoms with Gasteiger partial charge in [-0.2, -0.15) is 0 Å². The van der Waals surface area contributed by atoms with Crippen LogP contribution in [0.15, 0.2) is 60.7 Å². The fourth-order valence-electron chi connectivity index (χ4n) is 4.22. The van der Waals surface area contributed by atoms with Crippen LogP contribution in [0.4, 0.5) is 25.0 Å². The monoisotopic (exact) mass is 419 g/mol. The average molecular weight is 419 g/mol. The molecule has 7 heteroatoms. The Morgan fingerprint density at radius 2 is 1.71 bits per heavy atom. The standard InChI is InChI=1S/C24H19F2N3O2/c25-21-8-6-18(13-22(21)26)29-10-9-28(24(29)31)14-23(30)27-17-5-7-20-16(12-17)11-15-3-1-2-4-19(15)20/h1-8,12-13H,9-11,14H2,(H,27,30). The predicted octanol–water partition coefficient (Wildman–Crippen LogP) is 4.42. The zero-order valence-electron chi connectivity index (χ0n) is 16.6. The second-order valence-electron chi connectivity index (χ2n) is 7.71. The van der Waals surface area contributed by atoms with Crippen molar-refractivity contribution in [3.63, 3.8) is 0 Å². The first-order valence-corrected chi connectivity index (χ1v) is 10.0. The summed E-state index contributed by atoms with van der Waals surface area (Å²) < 4.78 is 26.7. The number of urea groups is 1. The van der Waals surface area contributed by atoms with Gasteiger partial charge in [0.2, 0.25) is 5.91 Å². The molecule has 0 saturated carbocycles. The van der Waals surface area contributed by atoms with Crippen molar-refractivity contribution in [2.75, 3.05) is 29.9 Å². The molecule has 0 spiro atoms. The first-order chi connectivity index (χ1) is 15.0. The van der Waals surface area contributed by atoms with Gasteiger partial charge in [-0.3, -0.25) is 9.69 Å². The van der Waals surface area contributed by atoms with Crippen molar-refractivity contribution < 1.29 is 18.4 Å². The molecule has 0 unspecified atom stereocenters. The van der Waals surface area contributed by atoms with E-state index in [1.165, 1.54) is 32.6 Å². The Morgan fingerprint density at radius 3 is 2.55 bits per heavy atom. The molecule has 0 aromatic heterocycles. The summed E-state index contributed by atoms with van der Waals surface area (Å²) in [5.74, 6) is -2.29. The van der Waals surface area contributed by atoms with Crippen LogP contribution in [0.2, 0.25) is 0 Å². The highest BCUT2D eigenvalue weighted by Gasteiger charge is 2.31. The number of carbonyl (C=O) groups excluding carboxylic acids is 2. The number of amides is 3. The normalized spacial score (nSPS) is 14.6. The molecule has 1 aliphatic heterocycles. The summed E-state index contributed by atoms with van der Waals surface area (Å²) in [4.78, 5) is 27.9. The fourth-order valence-corrected chi connectivity index (χ4v) is 4.22. The molecule has 3 aromatic rings. The minimum absolute atomic E-state index is 0.115. The molecule has 1 aliphatic carbocycles. The molecule has 5 nitrogen and oxygen atoms in total. The van der Waals surface area contributed by atoms with E-state index in [4.69, 9.17) is 0 Å². The lowest BCUT2D eigenvalue weighted by Crippen LogP contribution is -2.37. The third kappa shape index (κ3) is 3.52. The van der Waals surface area contributed by atoms with Gasteiger partial charge in [-0.25, -0.2) is 13.6 Å². The molecule has 5 rings (SSSR count). The smallest absolute Gasteiger partial charge is 0.325 e. The van der Waals surface area contributed by atoms with Crippen molar-refractivity contribution in [1.29, 1.82) is 0 Å². The number of halogens is 2. The largest absolute Gasteiger partial charge is 0.325 e. The van der Waals surface area contributed by atoms with Crippen molar-refractivity contribution in [2.45, 2.75) is 6.42 Å². The molecule has 3 aromatic carbocycles. The van der Waals surface area contributed by atoms with Gasteiger partial charge in [0.15, 0.2) is 11.6 Å². The van der Waals surface area contributed by atoms with E-state index in [0.717, 1.165) is 24.1 Å². The quantitative estimate of drug-likeness (QED) is 0.533. The topological polar surface area (TPSA) is 52.7 Å². The maximum Gasteiger partial charge on any atom is 0.325 e. The zero-order valence-corrected chi connectivity index (χ0v) is 16.6. The van der Waals surface area contributed by atoms with Crippen LogP contribution in [0.25, 0.3) is 11.1 Å². The Bertz CT molecular complexity index is 1210. The summed E-state index contributed by atoms with van der Waals surface area (Å²) in [7, 11) is 0. The molecular weight excluding hydrogens is 400 g/mol. The Hall–Kier alpha value is -3.74. The van der Waals surface area contributed by atoms with E-state index in [-0.39, 0.29) is 18.1 Å². The number of carbonyl (C=O) groups is 2. The highest BCUT2D eigenvalue weighted by Crippen LogP contribution is 2.37. The first-order valence-electron chi connectivity index (χ1n) is 10.0. The van der Waals surface area contributed by atoms with E-state index >= 15 is 0 Å².